The van der Waals surface area contributed by atoms with Gasteiger partial charge in [0.1, 0.15) is 6.10 Å². The van der Waals surface area contributed by atoms with Gasteiger partial charge in [0.05, 0.1) is 43.7 Å². The lowest BCUT2D eigenvalue weighted by atomic mass is 9.92. The van der Waals surface area contributed by atoms with Crippen molar-refractivity contribution in [1.82, 2.24) is 0 Å². The molecule has 0 aromatic rings. The predicted molar refractivity (Wildman–Crippen MR) is 171 cm³/mol. The molecule has 0 aromatic carbocycles. The monoisotopic (exact) mass is 578 g/mol. The van der Waals surface area contributed by atoms with Crippen LogP contribution in [0, 0.1) is 41.4 Å². The molecule has 240 valence electrons. The fourth-order valence-electron chi connectivity index (χ4n) is 5.97. The third-order valence-corrected chi connectivity index (χ3v) is 8.89. The highest BCUT2D eigenvalue weighted by Gasteiger charge is 2.55. The highest BCUT2D eigenvalue weighted by atomic mass is 16.6. The summed E-state index contributed by atoms with van der Waals surface area (Å²) in [6.45, 7) is 24.1. The lowest BCUT2D eigenvalue weighted by Crippen LogP contribution is -2.24. The first-order valence-electron chi connectivity index (χ1n) is 16.9. The van der Waals surface area contributed by atoms with E-state index in [0.717, 1.165) is 43.8 Å². The van der Waals surface area contributed by atoms with E-state index in [9.17, 15) is 10.2 Å². The van der Waals surface area contributed by atoms with Crippen LogP contribution < -0.4 is 0 Å². The highest BCUT2D eigenvalue weighted by molar-refractivity contribution is 5.09. The molecule has 6 unspecified atom stereocenters. The second-order valence-corrected chi connectivity index (χ2v) is 14.8. The van der Waals surface area contributed by atoms with E-state index in [2.05, 4.69) is 81.4 Å². The Hall–Kier alpha value is -0.720. The van der Waals surface area contributed by atoms with E-state index in [1.807, 2.05) is 6.08 Å². The van der Waals surface area contributed by atoms with Crippen molar-refractivity contribution in [3.8, 4) is 0 Å². The summed E-state index contributed by atoms with van der Waals surface area (Å²) in [4.78, 5) is 0. The first kappa shape index (κ1) is 36.5. The zero-order valence-corrected chi connectivity index (χ0v) is 28.2. The minimum Gasteiger partial charge on any atom is -0.390 e. The quantitative estimate of drug-likeness (QED) is 0.236. The Labute approximate surface area is 253 Å². The standard InChI is InChI=1S/C8H14O2.C8H14O.C8H14.2C6H12O/c1-4(2)5-3-6-8(10-6)7(5)9;1-6(2)7-4-3-5-8(7)9;1-7(2)8-5-3-4-6-8;2*1-5(2)3-6-4-7-6/h4-9H,3H2,1-2H3;3,5-9H,4H2,1-2H3;5,7H,3-4,6H2,1-2H3;2*5-6H,3-4H2,1-2H3/t;;;2*6-/m...10/s1. The van der Waals surface area contributed by atoms with Crippen LogP contribution in [0.4, 0.5) is 0 Å². The summed E-state index contributed by atoms with van der Waals surface area (Å²) in [7, 11) is 0. The van der Waals surface area contributed by atoms with Crippen LogP contribution in [0.3, 0.4) is 0 Å². The van der Waals surface area contributed by atoms with E-state index >= 15 is 0 Å². The minimum atomic E-state index is -0.176. The van der Waals surface area contributed by atoms with Gasteiger partial charge in [-0.15, -0.1) is 0 Å². The Balaban J connectivity index is 0.000000181. The molecule has 6 rings (SSSR count). The molecule has 0 bridgehead atoms. The molecular formula is C36H66O5. The molecule has 3 aliphatic carbocycles. The van der Waals surface area contributed by atoms with E-state index in [-0.39, 0.29) is 18.3 Å². The fraction of sp³-hybridized carbons (Fsp3) is 0.889. The van der Waals surface area contributed by atoms with Crippen molar-refractivity contribution in [2.45, 2.75) is 151 Å². The third kappa shape index (κ3) is 15.0. The second kappa shape index (κ2) is 18.2. The Bertz CT molecular complexity index is 744. The van der Waals surface area contributed by atoms with Gasteiger partial charge in [-0.05, 0) is 86.4 Å². The molecule has 41 heavy (non-hydrogen) atoms. The molecule has 3 aliphatic heterocycles. The number of aliphatic hydroxyl groups excluding tert-OH is 2. The number of epoxide rings is 3. The summed E-state index contributed by atoms with van der Waals surface area (Å²) in [5.74, 6) is 4.60. The molecule has 2 N–H and O–H groups in total. The van der Waals surface area contributed by atoms with E-state index in [4.69, 9.17) is 14.2 Å². The number of ether oxygens (including phenoxy) is 3. The van der Waals surface area contributed by atoms with Gasteiger partial charge in [0, 0.05) is 0 Å². The van der Waals surface area contributed by atoms with Crippen LogP contribution in [0.1, 0.15) is 114 Å². The van der Waals surface area contributed by atoms with Gasteiger partial charge in [0.25, 0.3) is 0 Å². The van der Waals surface area contributed by atoms with Crippen molar-refractivity contribution in [2.75, 3.05) is 13.2 Å². The Morgan fingerprint density at radius 3 is 1.54 bits per heavy atom. The average molecular weight is 579 g/mol. The molecule has 0 amide bonds. The second-order valence-electron chi connectivity index (χ2n) is 14.8. The largest absolute Gasteiger partial charge is 0.390 e. The topological polar surface area (TPSA) is 78.0 Å². The van der Waals surface area contributed by atoms with Crippen LogP contribution in [0.25, 0.3) is 0 Å². The van der Waals surface area contributed by atoms with Crippen molar-refractivity contribution >= 4 is 0 Å². The van der Waals surface area contributed by atoms with E-state index in [1.54, 1.807) is 5.57 Å². The number of aliphatic hydroxyl groups is 2. The van der Waals surface area contributed by atoms with E-state index in [1.165, 1.54) is 32.1 Å². The maximum atomic E-state index is 9.54. The van der Waals surface area contributed by atoms with Crippen LogP contribution >= 0.6 is 0 Å². The van der Waals surface area contributed by atoms with Gasteiger partial charge in [0.15, 0.2) is 0 Å². The maximum absolute atomic E-state index is 9.54. The van der Waals surface area contributed by atoms with Crippen LogP contribution in [0.5, 0.6) is 0 Å². The predicted octanol–water partition coefficient (Wildman–Crippen LogP) is 7.99. The normalized spacial score (nSPS) is 33.7. The van der Waals surface area contributed by atoms with Crippen molar-refractivity contribution < 1.29 is 24.4 Å². The molecule has 3 saturated heterocycles. The van der Waals surface area contributed by atoms with Gasteiger partial charge < -0.3 is 24.4 Å². The van der Waals surface area contributed by atoms with Gasteiger partial charge >= 0.3 is 0 Å². The summed E-state index contributed by atoms with van der Waals surface area (Å²) < 4.78 is 15.2. The maximum Gasteiger partial charge on any atom is 0.110 e. The summed E-state index contributed by atoms with van der Waals surface area (Å²) in [5.41, 5.74) is 1.67. The zero-order valence-electron chi connectivity index (χ0n) is 28.2. The number of allylic oxidation sites excluding steroid dienone is 3. The minimum absolute atomic E-state index is 0.176. The number of fused-ring (bicyclic) bond motifs is 1. The van der Waals surface area contributed by atoms with Gasteiger partial charge in [-0.25, -0.2) is 0 Å². The molecule has 4 fully saturated rings. The molecule has 6 aliphatic rings. The summed E-state index contributed by atoms with van der Waals surface area (Å²) >= 11 is 0. The zero-order chi connectivity index (χ0) is 30.7. The molecule has 5 nitrogen and oxygen atoms in total. The number of hydrogen-bond acceptors (Lipinski definition) is 5. The van der Waals surface area contributed by atoms with E-state index < -0.39 is 0 Å². The summed E-state index contributed by atoms with van der Waals surface area (Å²) in [5, 5.41) is 18.8. The third-order valence-electron chi connectivity index (χ3n) is 8.89. The highest BCUT2D eigenvalue weighted by Crippen LogP contribution is 2.45. The molecule has 1 saturated carbocycles. The van der Waals surface area contributed by atoms with Crippen LogP contribution in [-0.4, -0.2) is 60.1 Å². The first-order valence-corrected chi connectivity index (χ1v) is 16.9. The number of hydrogen-bond donors (Lipinski definition) is 2. The Morgan fingerprint density at radius 2 is 1.34 bits per heavy atom. The SMILES string of the molecule is CC(C)C1=CCCC1.CC(C)C1CC2OC2C1O.CC(C)C1CC=CC1O.CC(C)C[C@@H]1CO1.CC(C)C[C@H]1CO1. The van der Waals surface area contributed by atoms with Crippen LogP contribution in [0.2, 0.25) is 0 Å². The van der Waals surface area contributed by atoms with Gasteiger partial charge in [-0.2, -0.15) is 0 Å². The van der Waals surface area contributed by atoms with Gasteiger partial charge in [-0.3, -0.25) is 0 Å². The Morgan fingerprint density at radius 1 is 0.805 bits per heavy atom. The molecule has 0 radical (unpaired) electrons. The van der Waals surface area contributed by atoms with Crippen LogP contribution in [0.15, 0.2) is 23.8 Å². The van der Waals surface area contributed by atoms with E-state index in [0.29, 0.717) is 42.0 Å². The smallest absolute Gasteiger partial charge is 0.110 e. The molecule has 0 spiro atoms. The lowest BCUT2D eigenvalue weighted by molar-refractivity contribution is 0.0486. The van der Waals surface area contributed by atoms with Gasteiger partial charge in [-0.1, -0.05) is 93.0 Å². The molecule has 0 aromatic heterocycles. The molecular weight excluding hydrogens is 512 g/mol. The van der Waals surface area contributed by atoms with Crippen molar-refractivity contribution in [1.29, 1.82) is 0 Å². The van der Waals surface area contributed by atoms with Crippen molar-refractivity contribution in [3.05, 3.63) is 23.8 Å². The van der Waals surface area contributed by atoms with Crippen molar-refractivity contribution in [3.63, 3.8) is 0 Å². The molecule has 5 heteroatoms. The lowest BCUT2D eigenvalue weighted by Gasteiger charge is -2.20. The summed E-state index contributed by atoms with van der Waals surface area (Å²) in [6.07, 6.45) is 16.6. The Kier molecular flexibility index (Phi) is 16.2. The van der Waals surface area contributed by atoms with Crippen LogP contribution in [-0.2, 0) is 14.2 Å². The van der Waals surface area contributed by atoms with Crippen molar-refractivity contribution in [2.24, 2.45) is 41.4 Å². The van der Waals surface area contributed by atoms with Gasteiger partial charge in [0.2, 0.25) is 0 Å². The molecule has 8 atom stereocenters. The summed E-state index contributed by atoms with van der Waals surface area (Å²) in [6, 6.07) is 0. The fourth-order valence-corrected chi connectivity index (χ4v) is 5.97. The average Bonchev–Trinajstić information content (AvgIpc) is 3.85. The molecule has 3 heterocycles. The number of rotatable bonds is 7. The first-order chi connectivity index (χ1) is 19.3.